The Morgan fingerprint density at radius 2 is 1.28 bits per heavy atom. The number of fused-ring (bicyclic) bond motifs is 1. The second-order valence-electron chi connectivity index (χ2n) is 13.2. The summed E-state index contributed by atoms with van der Waals surface area (Å²) in [4.78, 5) is 42.6. The zero-order valence-electron chi connectivity index (χ0n) is 28.0. The van der Waals surface area contributed by atoms with Gasteiger partial charge >= 0.3 is 0 Å². The summed E-state index contributed by atoms with van der Waals surface area (Å²) in [5.74, 6) is -1.21. The molecule has 0 spiro atoms. The SMILES string of the molecule is CCCCCCCCCCCCCCCCCCC1C(=O)N(C2Cc3ccccc3C2=O)C(=O)C1Sc1nnnn1-c1ccccc1. The Balaban J connectivity index is 1.11. The minimum atomic E-state index is -0.781. The van der Waals surface area contributed by atoms with E-state index in [2.05, 4.69) is 22.4 Å². The van der Waals surface area contributed by atoms with Gasteiger partial charge in [0.05, 0.1) is 11.6 Å². The summed E-state index contributed by atoms with van der Waals surface area (Å²) in [5.41, 5.74) is 2.28. The smallest absolute Gasteiger partial charge is 0.244 e. The van der Waals surface area contributed by atoms with E-state index >= 15 is 0 Å². The fourth-order valence-corrected chi connectivity index (χ4v) is 8.26. The summed E-state index contributed by atoms with van der Waals surface area (Å²) in [6, 6.07) is 16.2. The van der Waals surface area contributed by atoms with Crippen molar-refractivity contribution < 1.29 is 14.4 Å². The number of hydrogen-bond acceptors (Lipinski definition) is 7. The quantitative estimate of drug-likeness (QED) is 0.0836. The Morgan fingerprint density at radius 1 is 0.702 bits per heavy atom. The molecule has 1 aliphatic carbocycles. The molecule has 3 atom stereocenters. The number of rotatable bonds is 21. The highest BCUT2D eigenvalue weighted by atomic mass is 32.2. The van der Waals surface area contributed by atoms with Crippen LogP contribution in [0.15, 0.2) is 59.8 Å². The molecule has 1 saturated heterocycles. The normalized spacial score (nSPS) is 19.2. The number of unbranched alkanes of at least 4 members (excludes halogenated alkanes) is 15. The van der Waals surface area contributed by atoms with E-state index < -0.39 is 17.2 Å². The van der Waals surface area contributed by atoms with Gasteiger partial charge in [0.1, 0.15) is 11.3 Å². The van der Waals surface area contributed by atoms with E-state index in [4.69, 9.17) is 0 Å². The molecule has 1 fully saturated rings. The Morgan fingerprint density at radius 3 is 1.89 bits per heavy atom. The van der Waals surface area contributed by atoms with Gasteiger partial charge in [0.15, 0.2) is 5.78 Å². The van der Waals surface area contributed by atoms with Crippen LogP contribution in [0, 0.1) is 5.92 Å². The van der Waals surface area contributed by atoms with Gasteiger partial charge in [0, 0.05) is 12.0 Å². The average molecular weight is 658 g/mol. The van der Waals surface area contributed by atoms with Crippen molar-refractivity contribution in [2.24, 2.45) is 5.92 Å². The molecule has 1 aliphatic heterocycles. The second kappa shape index (κ2) is 18.3. The highest BCUT2D eigenvalue weighted by Crippen LogP contribution is 2.40. The maximum absolute atomic E-state index is 14.0. The fraction of sp³-hybridized carbons (Fsp3) is 0.579. The lowest BCUT2D eigenvalue weighted by Crippen LogP contribution is -2.44. The number of hydrogen-bond donors (Lipinski definition) is 0. The van der Waals surface area contributed by atoms with E-state index in [9.17, 15) is 14.4 Å². The largest absolute Gasteiger partial charge is 0.292 e. The minimum absolute atomic E-state index is 0.150. The highest BCUT2D eigenvalue weighted by Gasteiger charge is 2.53. The molecule has 8 nitrogen and oxygen atoms in total. The van der Waals surface area contributed by atoms with Crippen molar-refractivity contribution >= 4 is 29.4 Å². The van der Waals surface area contributed by atoms with Crippen molar-refractivity contribution in [1.82, 2.24) is 25.1 Å². The second-order valence-corrected chi connectivity index (χ2v) is 14.3. The van der Waals surface area contributed by atoms with Crippen molar-refractivity contribution in [1.29, 1.82) is 0 Å². The molecule has 0 radical (unpaired) electrons. The van der Waals surface area contributed by atoms with E-state index in [0.717, 1.165) is 30.5 Å². The van der Waals surface area contributed by atoms with Crippen LogP contribution >= 0.6 is 11.8 Å². The predicted molar refractivity (Wildman–Crippen MR) is 187 cm³/mol. The summed E-state index contributed by atoms with van der Waals surface area (Å²) in [6.45, 7) is 2.27. The molecule has 0 bridgehead atoms. The lowest BCUT2D eigenvalue weighted by Gasteiger charge is -2.21. The number of carbonyl (C=O) groups excluding carboxylic acids is 3. The molecule has 2 amide bonds. The van der Waals surface area contributed by atoms with Gasteiger partial charge in [-0.15, -0.1) is 5.10 Å². The van der Waals surface area contributed by atoms with Crippen molar-refractivity contribution in [2.75, 3.05) is 0 Å². The van der Waals surface area contributed by atoms with Crippen LogP contribution in [0.5, 0.6) is 0 Å². The van der Waals surface area contributed by atoms with Crippen LogP contribution in [-0.2, 0) is 16.0 Å². The third-order valence-corrected chi connectivity index (χ3v) is 11.0. The van der Waals surface area contributed by atoms with E-state index in [0.29, 0.717) is 23.6 Å². The van der Waals surface area contributed by atoms with E-state index in [1.54, 1.807) is 10.7 Å². The summed E-state index contributed by atoms with van der Waals surface area (Å²) in [5, 5.41) is 12.0. The van der Waals surface area contributed by atoms with Gasteiger partial charge in [-0.25, -0.2) is 0 Å². The topological polar surface area (TPSA) is 98.1 Å². The van der Waals surface area contributed by atoms with Crippen LogP contribution in [0.4, 0.5) is 0 Å². The van der Waals surface area contributed by atoms with Gasteiger partial charge in [-0.3, -0.25) is 19.3 Å². The summed E-state index contributed by atoms with van der Waals surface area (Å²) in [6.07, 6.45) is 21.5. The number of likely N-dealkylation sites (tertiary alicyclic amines) is 1. The first-order chi connectivity index (χ1) is 23.1. The number of imide groups is 1. The highest BCUT2D eigenvalue weighted by molar-refractivity contribution is 8.00. The standard InChI is InChI=1S/C38H51N5O3S/c1-2-3-4-5-6-7-8-9-10-11-12-13-14-15-16-20-27-32-35(47-38-39-40-41-43(38)30-24-18-17-19-25-30)37(46)42(36(32)45)33-28-29-23-21-22-26-31(29)34(33)44/h17-19,21-26,32-33,35H,2-16,20,27-28H2,1H3. The third kappa shape index (κ3) is 9.18. The predicted octanol–water partition coefficient (Wildman–Crippen LogP) is 8.57. The van der Waals surface area contributed by atoms with Gasteiger partial charge < -0.3 is 0 Å². The molecule has 0 saturated carbocycles. The number of aromatic nitrogens is 4. The summed E-state index contributed by atoms with van der Waals surface area (Å²) < 4.78 is 1.60. The molecule has 1 aromatic heterocycles. The monoisotopic (exact) mass is 657 g/mol. The van der Waals surface area contributed by atoms with Gasteiger partial charge in [0.25, 0.3) is 0 Å². The molecule has 3 aromatic rings. The Kier molecular flexibility index (Phi) is 13.6. The number of amides is 2. The lowest BCUT2D eigenvalue weighted by molar-refractivity contribution is -0.141. The van der Waals surface area contributed by atoms with Crippen LogP contribution in [0.25, 0.3) is 5.69 Å². The molecule has 0 N–H and O–H groups in total. The molecule has 252 valence electrons. The number of ketones is 1. The van der Waals surface area contributed by atoms with E-state index in [-0.39, 0.29) is 17.6 Å². The Hall–Kier alpha value is -3.33. The van der Waals surface area contributed by atoms with Crippen LogP contribution in [0.2, 0.25) is 0 Å². The first kappa shape index (κ1) is 35.0. The van der Waals surface area contributed by atoms with Crippen molar-refractivity contribution in [3.05, 3.63) is 65.7 Å². The van der Waals surface area contributed by atoms with Gasteiger partial charge in [0.2, 0.25) is 17.0 Å². The third-order valence-electron chi connectivity index (χ3n) is 9.75. The molecular weight excluding hydrogens is 607 g/mol. The molecule has 2 aliphatic rings. The van der Waals surface area contributed by atoms with Crippen LogP contribution in [0.3, 0.4) is 0 Å². The zero-order valence-corrected chi connectivity index (χ0v) is 28.8. The van der Waals surface area contributed by atoms with Crippen molar-refractivity contribution in [2.45, 2.75) is 139 Å². The molecule has 2 aromatic carbocycles. The van der Waals surface area contributed by atoms with E-state index in [1.165, 1.54) is 100 Å². The van der Waals surface area contributed by atoms with Crippen LogP contribution < -0.4 is 0 Å². The maximum atomic E-state index is 14.0. The molecule has 47 heavy (non-hydrogen) atoms. The minimum Gasteiger partial charge on any atom is -0.292 e. The van der Waals surface area contributed by atoms with Gasteiger partial charge in [-0.05, 0) is 34.5 Å². The van der Waals surface area contributed by atoms with Gasteiger partial charge in [-0.1, -0.05) is 164 Å². The average Bonchev–Trinajstić information content (AvgIpc) is 3.75. The van der Waals surface area contributed by atoms with Crippen LogP contribution in [-0.4, -0.2) is 54.0 Å². The number of carbonyl (C=O) groups is 3. The maximum Gasteiger partial charge on any atom is 0.244 e. The van der Waals surface area contributed by atoms with Crippen molar-refractivity contribution in [3.63, 3.8) is 0 Å². The van der Waals surface area contributed by atoms with E-state index in [1.807, 2.05) is 48.5 Å². The number of tetrazole rings is 1. The molecule has 3 unspecified atom stereocenters. The molecule has 9 heteroatoms. The first-order valence-corrected chi connectivity index (χ1v) is 19.0. The number of nitrogens with zero attached hydrogens (tertiary/aromatic N) is 5. The van der Waals surface area contributed by atoms with Gasteiger partial charge in [-0.2, -0.15) is 4.68 Å². The Labute approximate surface area is 284 Å². The number of para-hydroxylation sites is 1. The molecule has 2 heterocycles. The number of thioether (sulfide) groups is 1. The molecule has 5 rings (SSSR count). The zero-order chi connectivity index (χ0) is 32.8. The number of Topliss-reactive ketones (excluding diaryl/α,β-unsaturated/α-hetero) is 1. The summed E-state index contributed by atoms with van der Waals surface area (Å²) >= 11 is 1.24. The van der Waals surface area contributed by atoms with Crippen LogP contribution in [0.1, 0.15) is 132 Å². The Bertz CT molecular complexity index is 1440. The molecular formula is C38H51N5O3S. The first-order valence-electron chi connectivity index (χ1n) is 18.1. The fourth-order valence-electron chi connectivity index (χ4n) is 7.08. The summed E-state index contributed by atoms with van der Waals surface area (Å²) in [7, 11) is 0. The lowest BCUT2D eigenvalue weighted by atomic mass is 9.98. The van der Waals surface area contributed by atoms with Crippen molar-refractivity contribution in [3.8, 4) is 5.69 Å². The number of benzene rings is 2.